The van der Waals surface area contributed by atoms with Gasteiger partial charge in [0.05, 0.1) is 25.3 Å². The molecule has 11 heteroatoms. The molecular formula is C26H22F2N4O5. The monoisotopic (exact) mass is 508 g/mol. The first-order valence-corrected chi connectivity index (χ1v) is 11.2. The number of benzene rings is 2. The van der Waals surface area contributed by atoms with Crippen LogP contribution in [0.4, 0.5) is 14.5 Å². The number of aliphatic hydroxyl groups excluding tert-OH is 1. The highest BCUT2D eigenvalue weighted by atomic mass is 19.1. The van der Waals surface area contributed by atoms with Crippen molar-refractivity contribution in [3.8, 4) is 11.8 Å². The number of anilines is 1. The minimum atomic E-state index is -1.41. The van der Waals surface area contributed by atoms with E-state index in [1.54, 1.807) is 0 Å². The van der Waals surface area contributed by atoms with Crippen molar-refractivity contribution in [2.45, 2.75) is 18.5 Å². The number of carbonyl (C=O) groups is 2. The Bertz CT molecular complexity index is 1430. The zero-order chi connectivity index (χ0) is 26.7. The van der Waals surface area contributed by atoms with Gasteiger partial charge < -0.3 is 24.6 Å². The Kier molecular flexibility index (Phi) is 7.31. The average Bonchev–Trinajstić information content (AvgIpc) is 3.20. The molecule has 2 atom stereocenters. The summed E-state index contributed by atoms with van der Waals surface area (Å²) in [5, 5.41) is 20.7. The fourth-order valence-electron chi connectivity index (χ4n) is 4.34. The van der Waals surface area contributed by atoms with Gasteiger partial charge in [0.25, 0.3) is 11.5 Å². The molecule has 0 spiro atoms. The number of carbonyl (C=O) groups excluding carboxylic acids is 2. The quantitative estimate of drug-likeness (QED) is 0.503. The molecule has 0 bridgehead atoms. The lowest BCUT2D eigenvalue weighted by Crippen LogP contribution is -2.44. The fourth-order valence-corrected chi connectivity index (χ4v) is 4.34. The molecule has 1 fully saturated rings. The summed E-state index contributed by atoms with van der Waals surface area (Å²) in [7, 11) is 1.25. The van der Waals surface area contributed by atoms with Crippen molar-refractivity contribution in [3.05, 3.63) is 93.4 Å². The first kappa shape index (κ1) is 25.5. The van der Waals surface area contributed by atoms with Gasteiger partial charge in [-0.05, 0) is 36.4 Å². The smallest absolute Gasteiger partial charge is 0.274 e. The van der Waals surface area contributed by atoms with Crippen LogP contribution < -0.4 is 20.5 Å². The maximum absolute atomic E-state index is 15.1. The molecule has 2 heterocycles. The Morgan fingerprint density at radius 3 is 2.46 bits per heavy atom. The van der Waals surface area contributed by atoms with Gasteiger partial charge in [-0.3, -0.25) is 14.4 Å². The van der Waals surface area contributed by atoms with Crippen LogP contribution in [0, 0.1) is 23.0 Å². The van der Waals surface area contributed by atoms with E-state index < -0.39 is 46.5 Å². The van der Waals surface area contributed by atoms with E-state index in [2.05, 4.69) is 5.32 Å². The van der Waals surface area contributed by atoms with E-state index in [1.807, 2.05) is 6.07 Å². The standard InChI is InChI=1S/C26H22F2N4O5/c1-37-17-11-19(27)22(20(28)12-17)18-14-32(21-3-2-8-31(9-10-33)25(21)35)26(36)23(18)30-24(34)16-6-4-15(13-29)5-7-16/h2-8,11-12,18,23,33H,9-10,14H2,1H3,(H,30,34)/t18-,23-/m0/s1. The molecule has 0 unspecified atom stereocenters. The normalized spacial score (nSPS) is 16.9. The molecule has 4 rings (SSSR count). The molecule has 2 aromatic carbocycles. The Labute approximate surface area is 210 Å². The van der Waals surface area contributed by atoms with Gasteiger partial charge in [-0.25, -0.2) is 8.78 Å². The van der Waals surface area contributed by atoms with Crippen molar-refractivity contribution in [1.29, 1.82) is 5.26 Å². The maximum Gasteiger partial charge on any atom is 0.274 e. The molecule has 2 N–H and O–H groups in total. The van der Waals surface area contributed by atoms with Crippen LogP contribution in [0.1, 0.15) is 27.4 Å². The first-order valence-electron chi connectivity index (χ1n) is 11.2. The lowest BCUT2D eigenvalue weighted by molar-refractivity contribution is -0.118. The summed E-state index contributed by atoms with van der Waals surface area (Å²) in [6, 6.07) is 11.0. The topological polar surface area (TPSA) is 125 Å². The number of nitrogens with zero attached hydrogens (tertiary/aromatic N) is 3. The summed E-state index contributed by atoms with van der Waals surface area (Å²) in [6.07, 6.45) is 1.44. The van der Waals surface area contributed by atoms with Crippen molar-refractivity contribution < 1.29 is 28.2 Å². The Hall–Kier alpha value is -4.56. The van der Waals surface area contributed by atoms with Crippen molar-refractivity contribution in [2.24, 2.45) is 0 Å². The lowest BCUT2D eigenvalue weighted by Gasteiger charge is -2.20. The Morgan fingerprint density at radius 1 is 1.19 bits per heavy atom. The Morgan fingerprint density at radius 2 is 1.86 bits per heavy atom. The Balaban J connectivity index is 1.76. The number of aliphatic hydroxyl groups is 1. The maximum atomic E-state index is 15.1. The molecule has 3 aromatic rings. The van der Waals surface area contributed by atoms with Crippen molar-refractivity contribution >= 4 is 17.5 Å². The number of nitriles is 1. The predicted molar refractivity (Wildman–Crippen MR) is 128 cm³/mol. The predicted octanol–water partition coefficient (Wildman–Crippen LogP) is 1.93. The van der Waals surface area contributed by atoms with Gasteiger partial charge in [0.15, 0.2) is 0 Å². The first-order chi connectivity index (χ1) is 17.8. The number of ether oxygens (including phenoxy) is 1. The van der Waals surface area contributed by atoms with Crippen molar-refractivity contribution in [1.82, 2.24) is 9.88 Å². The van der Waals surface area contributed by atoms with E-state index >= 15 is 8.78 Å². The molecule has 9 nitrogen and oxygen atoms in total. The molecule has 1 aromatic heterocycles. The fraction of sp³-hybridized carbons (Fsp3) is 0.231. The number of nitrogens with one attached hydrogen (secondary N) is 1. The molecule has 1 saturated heterocycles. The number of aromatic nitrogens is 1. The number of rotatable bonds is 7. The van der Waals surface area contributed by atoms with Gasteiger partial charge in [0.2, 0.25) is 5.91 Å². The number of hydrogen-bond acceptors (Lipinski definition) is 6. The zero-order valence-corrected chi connectivity index (χ0v) is 19.6. The summed E-state index contributed by atoms with van der Waals surface area (Å²) in [6.45, 7) is -0.625. The van der Waals surface area contributed by atoms with Gasteiger partial charge in [0, 0.05) is 48.5 Å². The van der Waals surface area contributed by atoms with E-state index in [-0.39, 0.29) is 36.7 Å². The molecule has 0 saturated carbocycles. The number of hydrogen-bond donors (Lipinski definition) is 2. The summed E-state index contributed by atoms with van der Waals surface area (Å²) < 4.78 is 36.3. The van der Waals surface area contributed by atoms with E-state index in [9.17, 15) is 19.5 Å². The second-order valence-electron chi connectivity index (χ2n) is 8.32. The van der Waals surface area contributed by atoms with Crippen molar-refractivity contribution in [3.63, 3.8) is 0 Å². The third kappa shape index (κ3) is 4.92. The van der Waals surface area contributed by atoms with Crippen LogP contribution in [-0.2, 0) is 11.3 Å². The molecule has 2 amide bonds. The SMILES string of the molecule is COc1cc(F)c([C@@H]2CN(c3cccn(CCO)c3=O)C(=O)[C@H]2NC(=O)c2ccc(C#N)cc2)c(F)c1. The molecule has 37 heavy (non-hydrogen) atoms. The summed E-state index contributed by atoms with van der Waals surface area (Å²) in [4.78, 5) is 40.5. The van der Waals surface area contributed by atoms with E-state index in [4.69, 9.17) is 10.00 Å². The van der Waals surface area contributed by atoms with Gasteiger partial charge >= 0.3 is 0 Å². The van der Waals surface area contributed by atoms with Gasteiger partial charge in [-0.15, -0.1) is 0 Å². The number of halogens is 2. The van der Waals surface area contributed by atoms with Crippen LogP contribution in [0.2, 0.25) is 0 Å². The highest BCUT2D eigenvalue weighted by Crippen LogP contribution is 2.35. The minimum absolute atomic E-state index is 0.0152. The molecule has 0 aliphatic carbocycles. The molecule has 1 aliphatic rings. The average molecular weight is 508 g/mol. The number of amides is 2. The van der Waals surface area contributed by atoms with Crippen molar-refractivity contribution in [2.75, 3.05) is 25.2 Å². The van der Waals surface area contributed by atoms with Gasteiger partial charge in [0.1, 0.15) is 29.1 Å². The molecule has 0 radical (unpaired) electrons. The highest BCUT2D eigenvalue weighted by Gasteiger charge is 2.46. The van der Waals surface area contributed by atoms with Gasteiger partial charge in [-0.2, -0.15) is 5.26 Å². The zero-order valence-electron chi connectivity index (χ0n) is 19.6. The number of methoxy groups -OCH3 is 1. The van der Waals surface area contributed by atoms with Crippen LogP contribution in [0.3, 0.4) is 0 Å². The third-order valence-corrected chi connectivity index (χ3v) is 6.17. The molecule has 190 valence electrons. The van der Waals surface area contributed by atoms with Crippen LogP contribution in [0.5, 0.6) is 5.75 Å². The van der Waals surface area contributed by atoms with Crippen LogP contribution >= 0.6 is 0 Å². The van der Waals surface area contributed by atoms with Crippen LogP contribution in [0.25, 0.3) is 0 Å². The highest BCUT2D eigenvalue weighted by molar-refractivity contribution is 6.05. The lowest BCUT2D eigenvalue weighted by atomic mass is 9.92. The van der Waals surface area contributed by atoms with E-state index in [0.717, 1.165) is 17.0 Å². The minimum Gasteiger partial charge on any atom is -0.497 e. The van der Waals surface area contributed by atoms with Crippen LogP contribution in [0.15, 0.2) is 59.5 Å². The molecule has 1 aliphatic heterocycles. The second kappa shape index (κ2) is 10.6. The largest absolute Gasteiger partial charge is 0.497 e. The third-order valence-electron chi connectivity index (χ3n) is 6.17. The summed E-state index contributed by atoms with van der Waals surface area (Å²) >= 11 is 0. The summed E-state index contributed by atoms with van der Waals surface area (Å²) in [5.41, 5.74) is -0.630. The van der Waals surface area contributed by atoms with Gasteiger partial charge in [-0.1, -0.05) is 0 Å². The van der Waals surface area contributed by atoms with E-state index in [0.29, 0.717) is 5.56 Å². The number of pyridine rings is 1. The van der Waals surface area contributed by atoms with E-state index in [1.165, 1.54) is 54.3 Å². The summed E-state index contributed by atoms with van der Waals surface area (Å²) in [5.74, 6) is -4.63. The second-order valence-corrected chi connectivity index (χ2v) is 8.32. The van der Waals surface area contributed by atoms with Crippen LogP contribution in [-0.4, -0.2) is 47.8 Å². The molecular weight excluding hydrogens is 486 g/mol.